The maximum atomic E-state index is 14.0. The van der Waals surface area contributed by atoms with Crippen LogP contribution in [0.5, 0.6) is 17.2 Å². The van der Waals surface area contributed by atoms with E-state index in [1.54, 1.807) is 71.9 Å². The molecule has 0 atom stereocenters. The van der Waals surface area contributed by atoms with Gasteiger partial charge in [-0.1, -0.05) is 46.4 Å². The van der Waals surface area contributed by atoms with E-state index in [0.717, 1.165) is 0 Å². The highest BCUT2D eigenvalue weighted by Gasteiger charge is 2.25. The first-order valence-electron chi connectivity index (χ1n) is 11.3. The number of anilines is 4. The number of benzene rings is 4. The van der Waals surface area contributed by atoms with Crippen molar-refractivity contribution in [1.29, 1.82) is 0 Å². The molecule has 0 bridgehead atoms. The van der Waals surface area contributed by atoms with Crippen molar-refractivity contribution in [2.24, 2.45) is 0 Å². The number of hydrogen-bond donors (Lipinski definition) is 2. The smallest absolute Gasteiger partial charge is 0.146 e. The number of methoxy groups -OCH3 is 3. The van der Waals surface area contributed by atoms with Gasteiger partial charge in [-0.25, -0.2) is 4.39 Å². The minimum Gasteiger partial charge on any atom is -0.497 e. The van der Waals surface area contributed by atoms with Crippen molar-refractivity contribution in [3.63, 3.8) is 0 Å². The first kappa shape index (κ1) is 28.6. The molecule has 39 heavy (non-hydrogen) atoms. The molecule has 2 N–H and O–H groups in total. The van der Waals surface area contributed by atoms with Crippen molar-refractivity contribution in [2.45, 2.75) is 0 Å². The SMILES string of the molecule is COc1ccc(Cl)c(N(Nc2ccc(F)c(Cl)c2)N(Nc2ccc(OC)c(Cl)c2)c2cc(Cl)ccc2OC)c1. The van der Waals surface area contributed by atoms with Crippen LogP contribution in [-0.2, 0) is 0 Å². The van der Waals surface area contributed by atoms with E-state index in [1.807, 2.05) is 0 Å². The Morgan fingerprint density at radius 1 is 0.590 bits per heavy atom. The number of nitrogens with zero attached hydrogens (tertiary/aromatic N) is 2. The molecule has 4 aromatic rings. The number of hydrazine groups is 3. The highest BCUT2D eigenvalue weighted by molar-refractivity contribution is 6.33. The summed E-state index contributed by atoms with van der Waals surface area (Å²) in [5, 5.41) is 4.27. The summed E-state index contributed by atoms with van der Waals surface area (Å²) >= 11 is 25.6. The van der Waals surface area contributed by atoms with Crippen LogP contribution in [0.15, 0.2) is 72.8 Å². The fourth-order valence-electron chi connectivity index (χ4n) is 3.59. The van der Waals surface area contributed by atoms with Crippen LogP contribution in [0.1, 0.15) is 0 Å². The molecule has 0 unspecified atom stereocenters. The molecule has 12 heteroatoms. The maximum Gasteiger partial charge on any atom is 0.146 e. The van der Waals surface area contributed by atoms with Crippen molar-refractivity contribution in [3.8, 4) is 17.2 Å². The van der Waals surface area contributed by atoms with Gasteiger partial charge in [0.1, 0.15) is 34.4 Å². The maximum absolute atomic E-state index is 14.0. The molecule has 0 heterocycles. The number of hydrogen-bond acceptors (Lipinski definition) is 7. The quantitative estimate of drug-likeness (QED) is 0.174. The lowest BCUT2D eigenvalue weighted by Crippen LogP contribution is -2.50. The van der Waals surface area contributed by atoms with Crippen LogP contribution in [0.3, 0.4) is 0 Å². The number of ether oxygens (including phenoxy) is 3. The highest BCUT2D eigenvalue weighted by atomic mass is 35.5. The topological polar surface area (TPSA) is 58.2 Å². The first-order valence-corrected chi connectivity index (χ1v) is 12.8. The largest absolute Gasteiger partial charge is 0.497 e. The predicted octanol–water partition coefficient (Wildman–Crippen LogP) is 8.75. The zero-order valence-corrected chi connectivity index (χ0v) is 24.0. The summed E-state index contributed by atoms with van der Waals surface area (Å²) in [5.74, 6) is 0.937. The Morgan fingerprint density at radius 3 is 1.82 bits per heavy atom. The first-order chi connectivity index (χ1) is 18.7. The zero-order valence-electron chi connectivity index (χ0n) is 20.9. The molecular weight excluding hydrogens is 589 g/mol. The fraction of sp³-hybridized carbons (Fsp3) is 0.111. The lowest BCUT2D eigenvalue weighted by molar-refractivity contribution is 0.414. The predicted molar refractivity (Wildman–Crippen MR) is 158 cm³/mol. The molecule has 0 aliphatic carbocycles. The van der Waals surface area contributed by atoms with Crippen LogP contribution < -0.4 is 35.3 Å². The number of rotatable bonds is 10. The zero-order chi connectivity index (χ0) is 28.1. The van der Waals surface area contributed by atoms with Gasteiger partial charge >= 0.3 is 0 Å². The van der Waals surface area contributed by atoms with E-state index in [4.69, 9.17) is 60.6 Å². The molecule has 7 nitrogen and oxygen atoms in total. The van der Waals surface area contributed by atoms with Crippen molar-refractivity contribution in [1.82, 2.24) is 0 Å². The minimum atomic E-state index is -0.562. The van der Waals surface area contributed by atoms with Gasteiger partial charge in [-0.2, -0.15) is 10.2 Å². The molecule has 0 radical (unpaired) electrons. The molecule has 0 aromatic heterocycles. The molecule has 0 saturated carbocycles. The van der Waals surface area contributed by atoms with Crippen LogP contribution in [0.2, 0.25) is 20.1 Å². The van der Waals surface area contributed by atoms with E-state index < -0.39 is 5.82 Å². The third-order valence-corrected chi connectivity index (χ3v) is 6.63. The summed E-state index contributed by atoms with van der Waals surface area (Å²) in [6.07, 6.45) is 0. The second kappa shape index (κ2) is 12.6. The average molecular weight is 612 g/mol. The minimum absolute atomic E-state index is 0.0709. The van der Waals surface area contributed by atoms with E-state index in [9.17, 15) is 4.39 Å². The van der Waals surface area contributed by atoms with Gasteiger partial charge in [0.05, 0.1) is 47.8 Å². The van der Waals surface area contributed by atoms with Crippen molar-refractivity contribution in [3.05, 3.63) is 98.7 Å². The monoisotopic (exact) mass is 610 g/mol. The van der Waals surface area contributed by atoms with Gasteiger partial charge < -0.3 is 14.2 Å². The van der Waals surface area contributed by atoms with Gasteiger partial charge in [0.25, 0.3) is 0 Å². The van der Waals surface area contributed by atoms with Gasteiger partial charge in [0, 0.05) is 11.1 Å². The molecule has 0 aliphatic rings. The molecule has 0 fully saturated rings. The lowest BCUT2D eigenvalue weighted by atomic mass is 10.2. The van der Waals surface area contributed by atoms with Crippen LogP contribution in [0, 0.1) is 5.82 Å². The number of halogens is 5. The third kappa shape index (κ3) is 6.59. The van der Waals surface area contributed by atoms with E-state index in [0.29, 0.717) is 55.1 Å². The number of nitrogens with one attached hydrogen (secondary N) is 2. The van der Waals surface area contributed by atoms with Crippen molar-refractivity contribution < 1.29 is 18.6 Å². The summed E-state index contributed by atoms with van der Waals surface area (Å²) in [6, 6.07) is 19.6. The Labute approximate surface area is 245 Å². The van der Waals surface area contributed by atoms with Crippen molar-refractivity contribution >= 4 is 69.2 Å². The van der Waals surface area contributed by atoms with Crippen molar-refractivity contribution in [2.75, 3.05) is 42.4 Å². The molecule has 0 aliphatic heterocycles. The molecule has 0 spiro atoms. The van der Waals surface area contributed by atoms with Crippen LogP contribution in [0.4, 0.5) is 27.1 Å². The van der Waals surface area contributed by atoms with Gasteiger partial charge in [-0.05, 0) is 66.7 Å². The molecular formula is C27H23Cl4FN4O3. The Kier molecular flexibility index (Phi) is 9.24. The Balaban J connectivity index is 1.93. The van der Waals surface area contributed by atoms with E-state index in [1.165, 1.54) is 32.4 Å². The Bertz CT molecular complexity index is 1480. The molecule has 204 valence electrons. The highest BCUT2D eigenvalue weighted by Crippen LogP contribution is 2.38. The van der Waals surface area contributed by atoms with Gasteiger partial charge in [-0.15, -0.1) is 0 Å². The summed E-state index contributed by atoms with van der Waals surface area (Å²) < 4.78 is 30.4. The average Bonchev–Trinajstić information content (AvgIpc) is 2.93. The van der Waals surface area contributed by atoms with Crippen LogP contribution >= 0.6 is 46.4 Å². The van der Waals surface area contributed by atoms with Gasteiger partial charge in [0.2, 0.25) is 0 Å². The van der Waals surface area contributed by atoms with E-state index in [2.05, 4.69) is 10.9 Å². The van der Waals surface area contributed by atoms with Gasteiger partial charge in [0.15, 0.2) is 0 Å². The summed E-state index contributed by atoms with van der Waals surface area (Å²) in [6.45, 7) is 0. The third-order valence-electron chi connectivity index (χ3n) is 5.49. The van der Waals surface area contributed by atoms with Crippen LogP contribution in [0.25, 0.3) is 0 Å². The summed E-state index contributed by atoms with van der Waals surface area (Å²) in [4.78, 5) is 0. The Hall–Kier alpha value is -3.43. The summed E-state index contributed by atoms with van der Waals surface area (Å²) in [5.41, 5.74) is 8.49. The molecule has 0 saturated heterocycles. The van der Waals surface area contributed by atoms with Crippen LogP contribution in [-0.4, -0.2) is 21.3 Å². The summed E-state index contributed by atoms with van der Waals surface area (Å²) in [7, 11) is 4.60. The molecule has 4 aromatic carbocycles. The molecule has 0 amide bonds. The van der Waals surface area contributed by atoms with E-state index in [-0.39, 0.29) is 5.02 Å². The molecule has 4 rings (SSSR count). The Morgan fingerprint density at radius 2 is 1.21 bits per heavy atom. The lowest BCUT2D eigenvalue weighted by Gasteiger charge is -2.39. The standard InChI is InChI=1S/C27H23Cl4FN4O3/c1-37-19-7-8-20(29)24(15-19)35(33-17-5-9-23(32)21(30)13-17)36(25-12-16(28)4-10-27(25)39-3)34-18-6-11-26(38-2)22(31)14-18/h4-15,33-34H,1-3H3. The normalized spacial score (nSPS) is 10.6. The second-order valence-corrected chi connectivity index (χ2v) is 9.62. The second-order valence-electron chi connectivity index (χ2n) is 7.96. The fourth-order valence-corrected chi connectivity index (χ4v) is 4.39. The van der Waals surface area contributed by atoms with Gasteiger partial charge in [-0.3, -0.25) is 10.9 Å². The van der Waals surface area contributed by atoms with E-state index >= 15 is 0 Å².